The van der Waals surface area contributed by atoms with Gasteiger partial charge in [-0.1, -0.05) is 11.6 Å². The van der Waals surface area contributed by atoms with Crippen molar-refractivity contribution in [3.8, 4) is 0 Å². The lowest BCUT2D eigenvalue weighted by Crippen LogP contribution is -2.43. The summed E-state index contributed by atoms with van der Waals surface area (Å²) in [5, 5.41) is 1.66. The Labute approximate surface area is 182 Å². The number of sulfonamides is 1. The average molecular weight is 470 g/mol. The molecule has 2 amide bonds. The predicted octanol–water partition coefficient (Wildman–Crippen LogP) is 3.32. The van der Waals surface area contributed by atoms with Crippen LogP contribution < -0.4 is 10.0 Å². The Hall–Kier alpha value is -2.30. The maximum absolute atomic E-state index is 13.2. The Morgan fingerprint density at radius 3 is 2.63 bits per heavy atom. The third-order valence-electron chi connectivity index (χ3n) is 4.82. The van der Waals surface area contributed by atoms with Gasteiger partial charge in [-0.3, -0.25) is 14.3 Å². The molecule has 1 saturated heterocycles. The molecule has 0 aliphatic carbocycles. The summed E-state index contributed by atoms with van der Waals surface area (Å²) >= 11 is 7.00. The van der Waals surface area contributed by atoms with Crippen LogP contribution in [0.25, 0.3) is 0 Å². The molecule has 7 nitrogen and oxygen atoms in total. The second-order valence-electron chi connectivity index (χ2n) is 6.91. The Bertz CT molecular complexity index is 1140. The molecular weight excluding hydrogens is 453 g/mol. The minimum Gasteiger partial charge on any atom is -0.341 e. The van der Waals surface area contributed by atoms with Crippen molar-refractivity contribution in [1.29, 1.82) is 0 Å². The predicted molar refractivity (Wildman–Crippen MR) is 113 cm³/mol. The summed E-state index contributed by atoms with van der Waals surface area (Å²) in [6, 6.07) is 7.55. The molecule has 158 valence electrons. The largest absolute Gasteiger partial charge is 0.341 e. The molecule has 0 bridgehead atoms. The minimum atomic E-state index is -4.04. The van der Waals surface area contributed by atoms with E-state index < -0.39 is 27.0 Å². The van der Waals surface area contributed by atoms with E-state index in [4.69, 9.17) is 11.6 Å². The van der Waals surface area contributed by atoms with Crippen molar-refractivity contribution in [3.63, 3.8) is 0 Å². The number of hydrogen-bond donors (Lipinski definition) is 2. The van der Waals surface area contributed by atoms with Crippen molar-refractivity contribution in [2.45, 2.75) is 27.9 Å². The molecular formula is C19H17ClFN3O4S2. The first kappa shape index (κ1) is 21.0. The van der Waals surface area contributed by atoms with E-state index >= 15 is 0 Å². The second kappa shape index (κ2) is 8.09. The highest BCUT2D eigenvalue weighted by Crippen LogP contribution is 2.38. The van der Waals surface area contributed by atoms with Crippen molar-refractivity contribution >= 4 is 56.6 Å². The van der Waals surface area contributed by atoms with E-state index in [-0.39, 0.29) is 21.5 Å². The van der Waals surface area contributed by atoms with E-state index in [2.05, 4.69) is 10.0 Å². The average Bonchev–Trinajstić information content (AvgIpc) is 3.23. The first-order valence-corrected chi connectivity index (χ1v) is 11.9. The lowest BCUT2D eigenvalue weighted by Gasteiger charge is -2.27. The number of thioether (sulfide) groups is 1. The van der Waals surface area contributed by atoms with Crippen LogP contribution in [0.2, 0.25) is 5.02 Å². The van der Waals surface area contributed by atoms with E-state index in [1.165, 1.54) is 18.2 Å². The van der Waals surface area contributed by atoms with Gasteiger partial charge in [-0.25, -0.2) is 12.8 Å². The monoisotopic (exact) mass is 469 g/mol. The third kappa shape index (κ3) is 4.12. The smallest absolute Gasteiger partial charge is 0.262 e. The van der Waals surface area contributed by atoms with Crippen molar-refractivity contribution in [3.05, 3.63) is 47.2 Å². The zero-order valence-electron chi connectivity index (χ0n) is 15.5. The topological polar surface area (TPSA) is 95.6 Å². The van der Waals surface area contributed by atoms with Crippen LogP contribution in [-0.4, -0.2) is 43.5 Å². The number of nitrogens with one attached hydrogen (secondary N) is 2. The van der Waals surface area contributed by atoms with Crippen LogP contribution in [-0.2, 0) is 19.6 Å². The number of amides is 2. The number of nitrogens with zero attached hydrogens (tertiary/aromatic N) is 1. The van der Waals surface area contributed by atoms with E-state index in [0.717, 1.165) is 36.7 Å². The van der Waals surface area contributed by atoms with Crippen LogP contribution in [0.5, 0.6) is 0 Å². The highest BCUT2D eigenvalue weighted by Gasteiger charge is 2.37. The second-order valence-corrected chi connectivity index (χ2v) is 10.1. The molecule has 0 saturated carbocycles. The van der Waals surface area contributed by atoms with Gasteiger partial charge in [0, 0.05) is 18.0 Å². The fraction of sp³-hybridized carbons (Fsp3) is 0.263. The summed E-state index contributed by atoms with van der Waals surface area (Å²) in [4.78, 5) is 27.3. The molecule has 2 N–H and O–H groups in total. The molecule has 1 fully saturated rings. The molecule has 2 aromatic rings. The third-order valence-corrected chi connectivity index (χ3v) is 7.76. The summed E-state index contributed by atoms with van der Waals surface area (Å²) in [6.45, 7) is 1.29. The van der Waals surface area contributed by atoms with Crippen molar-refractivity contribution in [2.75, 3.05) is 23.1 Å². The van der Waals surface area contributed by atoms with Crippen LogP contribution in [0.1, 0.15) is 12.8 Å². The number of anilines is 2. The number of rotatable bonds is 4. The first-order valence-electron chi connectivity index (χ1n) is 9.13. The molecule has 30 heavy (non-hydrogen) atoms. The number of benzene rings is 2. The van der Waals surface area contributed by atoms with Crippen LogP contribution in [0.15, 0.2) is 46.2 Å². The molecule has 0 spiro atoms. The molecule has 0 radical (unpaired) electrons. The molecule has 1 atom stereocenters. The van der Waals surface area contributed by atoms with Gasteiger partial charge in [0.2, 0.25) is 11.8 Å². The quantitative estimate of drug-likeness (QED) is 0.670. The van der Waals surface area contributed by atoms with Crippen LogP contribution >= 0.6 is 23.4 Å². The van der Waals surface area contributed by atoms with Gasteiger partial charge in [0.1, 0.15) is 5.82 Å². The molecule has 0 aromatic heterocycles. The lowest BCUT2D eigenvalue weighted by atomic mass is 10.2. The summed E-state index contributed by atoms with van der Waals surface area (Å²) in [7, 11) is -4.04. The Morgan fingerprint density at radius 2 is 1.93 bits per heavy atom. The van der Waals surface area contributed by atoms with Gasteiger partial charge in [0.25, 0.3) is 10.0 Å². The number of likely N-dealkylation sites (tertiary alicyclic amines) is 1. The van der Waals surface area contributed by atoms with Gasteiger partial charge in [-0.2, -0.15) is 0 Å². The van der Waals surface area contributed by atoms with E-state index in [9.17, 15) is 22.4 Å². The molecule has 0 unspecified atom stereocenters. The maximum Gasteiger partial charge on any atom is 0.262 e. The molecule has 11 heteroatoms. The SMILES string of the molecule is O=C1Nc2cc(S(=O)(=O)Nc3ccc(F)cc3Cl)ccc2S[C@H]1C(=O)N1CCCC1. The molecule has 2 aliphatic heterocycles. The number of halogens is 2. The normalized spacial score (nSPS) is 18.7. The first-order chi connectivity index (χ1) is 14.2. The van der Waals surface area contributed by atoms with Gasteiger partial charge in [-0.05, 0) is 49.2 Å². The van der Waals surface area contributed by atoms with Gasteiger partial charge in [0.15, 0.2) is 5.25 Å². The standard InChI is InChI=1S/C19H17ClFN3O4S2/c20-13-9-11(21)3-5-14(13)23-30(27,28)12-4-6-16-15(10-12)22-18(25)17(29-16)19(26)24-7-1-2-8-24/h3-6,9-10,17,23H,1-2,7-8H2,(H,22,25)/t17-/m1/s1. The zero-order valence-corrected chi connectivity index (χ0v) is 17.9. The van der Waals surface area contributed by atoms with Crippen molar-refractivity contribution in [2.24, 2.45) is 0 Å². The van der Waals surface area contributed by atoms with Gasteiger partial charge in [0.05, 0.1) is 21.3 Å². The van der Waals surface area contributed by atoms with Crippen LogP contribution in [0, 0.1) is 5.82 Å². The van der Waals surface area contributed by atoms with Crippen molar-refractivity contribution < 1.29 is 22.4 Å². The van der Waals surface area contributed by atoms with Crippen molar-refractivity contribution in [1.82, 2.24) is 4.90 Å². The Balaban J connectivity index is 1.56. The van der Waals surface area contributed by atoms with Crippen LogP contribution in [0.4, 0.5) is 15.8 Å². The summed E-state index contributed by atoms with van der Waals surface area (Å²) < 4.78 is 40.9. The highest BCUT2D eigenvalue weighted by atomic mass is 35.5. The van der Waals surface area contributed by atoms with Gasteiger partial charge in [-0.15, -0.1) is 11.8 Å². The summed E-state index contributed by atoms with van der Waals surface area (Å²) in [6.07, 6.45) is 1.85. The summed E-state index contributed by atoms with van der Waals surface area (Å²) in [5.74, 6) is -1.30. The van der Waals surface area contributed by atoms with E-state index in [1.54, 1.807) is 11.0 Å². The fourth-order valence-electron chi connectivity index (χ4n) is 3.30. The van der Waals surface area contributed by atoms with Crippen LogP contribution in [0.3, 0.4) is 0 Å². The maximum atomic E-state index is 13.2. The van der Waals surface area contributed by atoms with E-state index in [1.807, 2.05) is 0 Å². The number of hydrogen-bond acceptors (Lipinski definition) is 5. The summed E-state index contributed by atoms with van der Waals surface area (Å²) in [5.41, 5.74) is 0.342. The molecule has 2 heterocycles. The van der Waals surface area contributed by atoms with Gasteiger partial charge >= 0.3 is 0 Å². The number of carbonyl (C=O) groups is 2. The highest BCUT2D eigenvalue weighted by molar-refractivity contribution is 8.01. The van der Waals surface area contributed by atoms with E-state index in [0.29, 0.717) is 23.7 Å². The Kier molecular flexibility index (Phi) is 5.65. The number of carbonyl (C=O) groups excluding carboxylic acids is 2. The zero-order chi connectivity index (χ0) is 21.5. The molecule has 2 aliphatic rings. The minimum absolute atomic E-state index is 0.0328. The van der Waals surface area contributed by atoms with Gasteiger partial charge < -0.3 is 10.2 Å². The Morgan fingerprint density at radius 1 is 1.20 bits per heavy atom. The number of fused-ring (bicyclic) bond motifs is 1. The fourth-order valence-corrected chi connectivity index (χ4v) is 5.73. The molecule has 4 rings (SSSR count). The lowest BCUT2D eigenvalue weighted by molar-refractivity contribution is -0.133. The molecule has 2 aromatic carbocycles.